The molecule has 5 rings (SSSR count). The number of halogens is 8. The predicted molar refractivity (Wildman–Crippen MR) is 137 cm³/mol. The second-order valence-corrected chi connectivity index (χ2v) is 11.1. The van der Waals surface area contributed by atoms with E-state index in [9.17, 15) is 41.0 Å². The number of benzene rings is 1. The number of hydrogen-bond acceptors (Lipinski definition) is 7. The number of nitrogens with two attached hydrogens (primary N) is 1. The van der Waals surface area contributed by atoms with Crippen molar-refractivity contribution in [3.05, 3.63) is 46.5 Å². The van der Waals surface area contributed by atoms with Crippen LogP contribution in [0.5, 0.6) is 0 Å². The lowest BCUT2D eigenvalue weighted by Crippen LogP contribution is -2.56. The zero-order valence-corrected chi connectivity index (χ0v) is 22.9. The lowest BCUT2D eigenvalue weighted by molar-refractivity contribution is -0.249. The van der Waals surface area contributed by atoms with Crippen molar-refractivity contribution in [1.29, 1.82) is 0 Å². The van der Waals surface area contributed by atoms with Gasteiger partial charge >= 0.3 is 6.18 Å². The summed E-state index contributed by atoms with van der Waals surface area (Å²) in [4.78, 5) is 31.2. The van der Waals surface area contributed by atoms with Gasteiger partial charge in [-0.1, -0.05) is 11.6 Å². The molecular weight excluding hydrogens is 615 g/mol. The van der Waals surface area contributed by atoms with Crippen LogP contribution in [-0.4, -0.2) is 97.4 Å². The number of aliphatic hydroxyl groups is 1. The third kappa shape index (κ3) is 5.56. The molecule has 0 radical (unpaired) electrons. The summed E-state index contributed by atoms with van der Waals surface area (Å²) in [6.07, 6.45) is -6.24. The van der Waals surface area contributed by atoms with Crippen molar-refractivity contribution in [3.63, 3.8) is 0 Å². The summed E-state index contributed by atoms with van der Waals surface area (Å²) in [5, 5.41) is 15.6. The number of alkyl halides is 6. The van der Waals surface area contributed by atoms with Gasteiger partial charge in [0.1, 0.15) is 23.8 Å². The topological polar surface area (TPSA) is 129 Å². The Morgan fingerprint density at radius 3 is 2.51 bits per heavy atom. The minimum Gasteiger partial charge on any atom is -0.382 e. The zero-order chi connectivity index (χ0) is 31.6. The average molecular weight is 638 g/mol. The van der Waals surface area contributed by atoms with Crippen LogP contribution in [0.25, 0.3) is 16.8 Å². The molecule has 0 spiro atoms. The highest BCUT2D eigenvalue weighted by atomic mass is 35.5. The summed E-state index contributed by atoms with van der Waals surface area (Å²) in [6.45, 7) is -2.28. The van der Waals surface area contributed by atoms with E-state index in [4.69, 9.17) is 17.3 Å². The third-order valence-corrected chi connectivity index (χ3v) is 7.68. The molecule has 2 amide bonds. The number of carbonyl (C=O) groups excluding carboxylic acids is 2. The Hall–Kier alpha value is -3.70. The maximum absolute atomic E-state index is 15.2. The molecule has 4 N–H and O–H groups in total. The molecule has 3 atom stereocenters. The minimum absolute atomic E-state index is 0.00916. The Kier molecular flexibility index (Phi) is 7.50. The third-order valence-electron chi connectivity index (χ3n) is 7.36. The molecule has 3 aromatic rings. The van der Waals surface area contributed by atoms with Crippen LogP contribution in [0.1, 0.15) is 22.8 Å². The zero-order valence-electron chi connectivity index (χ0n) is 22.1. The molecule has 43 heavy (non-hydrogen) atoms. The summed E-state index contributed by atoms with van der Waals surface area (Å²) in [7, 11) is 0. The van der Waals surface area contributed by atoms with Crippen molar-refractivity contribution in [2.45, 2.75) is 43.4 Å². The second kappa shape index (κ2) is 10.5. The van der Waals surface area contributed by atoms with Crippen LogP contribution >= 0.6 is 11.6 Å². The van der Waals surface area contributed by atoms with Gasteiger partial charge in [-0.2, -0.15) is 18.3 Å². The minimum atomic E-state index is -5.33. The van der Waals surface area contributed by atoms with Gasteiger partial charge < -0.3 is 21.1 Å². The summed E-state index contributed by atoms with van der Waals surface area (Å²) in [5.74, 6) is -6.59. The van der Waals surface area contributed by atoms with Crippen molar-refractivity contribution in [1.82, 2.24) is 29.7 Å². The number of hydrogen-bond donors (Lipinski definition) is 3. The number of nitrogens with one attached hydrogen (secondary N) is 1. The summed E-state index contributed by atoms with van der Waals surface area (Å²) in [5.41, 5.74) is 2.34. The van der Waals surface area contributed by atoms with E-state index in [0.29, 0.717) is 10.5 Å². The Labute approximate surface area is 243 Å². The number of fused-ring (bicyclic) bond motifs is 1. The molecule has 2 aliphatic heterocycles. The largest absolute Gasteiger partial charge is 0.426 e. The molecule has 2 aliphatic rings. The van der Waals surface area contributed by atoms with Crippen molar-refractivity contribution < 1.29 is 45.4 Å². The standard InChI is InChI=1S/C25H23ClF7N7O3/c1-23(43,25(31,32)33)22(42)39-6-16(28)17(7-39)37-21(41)12-3-13(15(27)4-14(12)26)18-2-11(5-38-8-24(29,30)9-38)19-20(34)35-10-36-40(18)19/h2-4,10,16-17,43H,5-9H2,1H3,(H,37,41)(H2,34,35,36)/t16-,17+,23+/m0/s1. The van der Waals surface area contributed by atoms with Crippen molar-refractivity contribution in [2.75, 3.05) is 31.9 Å². The summed E-state index contributed by atoms with van der Waals surface area (Å²) in [6, 6.07) is 1.81. The molecule has 4 heterocycles. The van der Waals surface area contributed by atoms with Gasteiger partial charge in [0.15, 0.2) is 5.82 Å². The number of nitrogens with zero attached hydrogens (tertiary/aromatic N) is 5. The Morgan fingerprint density at radius 2 is 1.88 bits per heavy atom. The van der Waals surface area contributed by atoms with Crippen LogP contribution < -0.4 is 11.1 Å². The number of amides is 2. The molecule has 0 bridgehead atoms. The molecule has 10 nitrogen and oxygen atoms in total. The summed E-state index contributed by atoms with van der Waals surface area (Å²) < 4.78 is 97.3. The van der Waals surface area contributed by atoms with Gasteiger partial charge in [0.2, 0.25) is 5.60 Å². The number of likely N-dealkylation sites (tertiary alicyclic amines) is 2. The van der Waals surface area contributed by atoms with E-state index in [1.54, 1.807) is 0 Å². The van der Waals surface area contributed by atoms with E-state index in [-0.39, 0.29) is 41.6 Å². The first-order chi connectivity index (χ1) is 19.9. The fourth-order valence-corrected chi connectivity index (χ4v) is 5.31. The van der Waals surface area contributed by atoms with Gasteiger partial charge in [-0.25, -0.2) is 27.1 Å². The predicted octanol–water partition coefficient (Wildman–Crippen LogP) is 2.81. The first-order valence-electron chi connectivity index (χ1n) is 12.6. The van der Waals surface area contributed by atoms with Gasteiger partial charge in [-0.05, 0) is 30.7 Å². The maximum atomic E-state index is 15.2. The van der Waals surface area contributed by atoms with Gasteiger partial charge in [0, 0.05) is 18.7 Å². The van der Waals surface area contributed by atoms with E-state index in [1.807, 2.05) is 0 Å². The molecular formula is C25H23ClF7N7O3. The Morgan fingerprint density at radius 1 is 1.21 bits per heavy atom. The maximum Gasteiger partial charge on any atom is 0.426 e. The molecule has 18 heteroatoms. The van der Waals surface area contributed by atoms with E-state index in [2.05, 4.69) is 15.4 Å². The van der Waals surface area contributed by atoms with E-state index < -0.39 is 78.7 Å². The number of anilines is 1. The molecule has 1 aromatic carbocycles. The Bertz CT molecular complexity index is 1610. The SMILES string of the molecule is C[C@@](O)(C(=O)N1C[C@H](F)[C@H](NC(=O)c2cc(-c3cc(CN4CC(F)(F)C4)c4c(N)ncnn34)c(F)cc2Cl)C1)C(F)(F)F. The van der Waals surface area contributed by atoms with Crippen molar-refractivity contribution >= 4 is 34.7 Å². The van der Waals surface area contributed by atoms with Crippen molar-refractivity contribution in [2.24, 2.45) is 0 Å². The number of rotatable bonds is 6. The van der Waals surface area contributed by atoms with Crippen LogP contribution in [0, 0.1) is 5.82 Å². The normalized spacial score (nSPS) is 22.0. The quantitative estimate of drug-likeness (QED) is 0.355. The van der Waals surface area contributed by atoms with E-state index in [1.165, 1.54) is 15.5 Å². The first-order valence-corrected chi connectivity index (χ1v) is 13.0. The molecule has 0 aliphatic carbocycles. The number of nitrogen functional groups attached to an aromatic ring is 1. The van der Waals surface area contributed by atoms with Crippen LogP contribution in [0.15, 0.2) is 24.5 Å². The molecule has 2 fully saturated rings. The van der Waals surface area contributed by atoms with Crippen LogP contribution in [0.3, 0.4) is 0 Å². The average Bonchev–Trinajstić information content (AvgIpc) is 3.42. The van der Waals surface area contributed by atoms with Gasteiger partial charge in [0.25, 0.3) is 17.7 Å². The highest BCUT2D eigenvalue weighted by Crippen LogP contribution is 2.36. The molecule has 0 unspecified atom stereocenters. The monoisotopic (exact) mass is 637 g/mol. The van der Waals surface area contributed by atoms with Crippen LogP contribution in [-0.2, 0) is 11.3 Å². The Balaban J connectivity index is 1.42. The fourth-order valence-electron chi connectivity index (χ4n) is 5.08. The van der Waals surface area contributed by atoms with E-state index >= 15 is 4.39 Å². The first kappa shape index (κ1) is 30.7. The molecule has 2 saturated heterocycles. The van der Waals surface area contributed by atoms with Gasteiger partial charge in [-0.15, -0.1) is 0 Å². The highest BCUT2D eigenvalue weighted by molar-refractivity contribution is 6.34. The fraction of sp³-hybridized carbons (Fsp3) is 0.440. The summed E-state index contributed by atoms with van der Waals surface area (Å²) >= 11 is 6.12. The lowest BCUT2D eigenvalue weighted by atomic mass is 10.0. The second-order valence-electron chi connectivity index (χ2n) is 10.6. The van der Waals surface area contributed by atoms with Gasteiger partial charge in [0.05, 0.1) is 42.0 Å². The molecule has 232 valence electrons. The molecule has 2 aromatic heterocycles. The number of aromatic nitrogens is 3. The smallest absolute Gasteiger partial charge is 0.382 e. The highest BCUT2D eigenvalue weighted by Gasteiger charge is 2.58. The molecule has 0 saturated carbocycles. The van der Waals surface area contributed by atoms with E-state index in [0.717, 1.165) is 18.5 Å². The van der Waals surface area contributed by atoms with Gasteiger partial charge in [-0.3, -0.25) is 14.5 Å². The van der Waals surface area contributed by atoms with Crippen molar-refractivity contribution in [3.8, 4) is 11.3 Å². The number of carbonyl (C=O) groups is 2. The van der Waals surface area contributed by atoms with Crippen LogP contribution in [0.4, 0.5) is 36.6 Å². The van der Waals surface area contributed by atoms with Crippen LogP contribution in [0.2, 0.25) is 5.02 Å². The lowest BCUT2D eigenvalue weighted by Gasteiger charge is -2.38.